The van der Waals surface area contributed by atoms with Gasteiger partial charge in [-0.15, -0.1) is 0 Å². The minimum Gasteiger partial charge on any atom is -0.495 e. The van der Waals surface area contributed by atoms with Crippen LogP contribution in [0.5, 0.6) is 5.75 Å². The van der Waals surface area contributed by atoms with Crippen LogP contribution in [0.4, 0.5) is 11.4 Å². The Balaban J connectivity index is 1.70. The van der Waals surface area contributed by atoms with Gasteiger partial charge in [0, 0.05) is 28.7 Å². The Hall–Kier alpha value is -4.96. The number of ether oxygens (including phenoxy) is 1. The van der Waals surface area contributed by atoms with Crippen molar-refractivity contribution in [3.63, 3.8) is 0 Å². The topological polar surface area (TPSA) is 119 Å². The smallest absolute Gasteiger partial charge is 0.255 e. The number of hydrogen-bond donors (Lipinski definition) is 2. The number of carbonyl (C=O) groups excluding carboxylic acids is 1. The predicted molar refractivity (Wildman–Crippen MR) is 154 cm³/mol. The lowest BCUT2D eigenvalue weighted by molar-refractivity contribution is -0.111. The number of carbonyl (C=O) groups is 1. The Morgan fingerprint density at radius 1 is 1.00 bits per heavy atom. The van der Waals surface area contributed by atoms with Crippen LogP contribution < -0.4 is 20.3 Å². The summed E-state index contributed by atoms with van der Waals surface area (Å²) < 4.78 is 32.5. The fourth-order valence-corrected chi connectivity index (χ4v) is 4.97. The first-order valence-corrected chi connectivity index (χ1v) is 13.7. The molecular weight excluding hydrogens is 516 g/mol. The summed E-state index contributed by atoms with van der Waals surface area (Å²) in [6.07, 6.45) is 3.96. The molecule has 0 bridgehead atoms. The minimum atomic E-state index is -3.39. The Morgan fingerprint density at radius 2 is 1.74 bits per heavy atom. The van der Waals surface area contributed by atoms with E-state index in [9.17, 15) is 18.0 Å². The van der Waals surface area contributed by atoms with Crippen molar-refractivity contribution in [1.29, 1.82) is 0 Å². The number of rotatable bonds is 7. The molecule has 3 aromatic carbocycles. The van der Waals surface area contributed by atoms with Gasteiger partial charge in [-0.1, -0.05) is 24.8 Å². The summed E-state index contributed by atoms with van der Waals surface area (Å²) in [5, 5.41) is 4.22. The maximum absolute atomic E-state index is 13.3. The van der Waals surface area contributed by atoms with Crippen LogP contribution in [0, 0.1) is 0 Å². The summed E-state index contributed by atoms with van der Waals surface area (Å²) in [6, 6.07) is 21.0. The fourth-order valence-electron chi connectivity index (χ4n) is 4.41. The molecule has 9 nitrogen and oxygen atoms in total. The number of sulfonamides is 1. The first-order valence-electron chi connectivity index (χ1n) is 11.8. The molecule has 0 aliphatic heterocycles. The normalized spacial score (nSPS) is 11.3. The van der Waals surface area contributed by atoms with Gasteiger partial charge in [-0.25, -0.2) is 8.42 Å². The zero-order chi connectivity index (χ0) is 27.7. The van der Waals surface area contributed by atoms with Crippen LogP contribution in [-0.4, -0.2) is 37.2 Å². The number of nitrogens with one attached hydrogen (secondary N) is 2. The SMILES string of the molecule is C=CC(=O)Nc1cc(-n2c(=O)ccc3cnc4ccc(-c5ccc(NS(C)(=O)=O)cc5)cc4c32)ccc1OC. The van der Waals surface area contributed by atoms with Gasteiger partial charge in [-0.2, -0.15) is 0 Å². The summed E-state index contributed by atoms with van der Waals surface area (Å²) in [5.74, 6) is 0.0256. The molecule has 2 aromatic heterocycles. The van der Waals surface area contributed by atoms with Crippen LogP contribution in [-0.2, 0) is 14.8 Å². The van der Waals surface area contributed by atoms with Crippen molar-refractivity contribution in [1.82, 2.24) is 9.55 Å². The number of pyridine rings is 2. The Bertz CT molecular complexity index is 1930. The monoisotopic (exact) mass is 540 g/mol. The van der Waals surface area contributed by atoms with Crippen molar-refractivity contribution < 1.29 is 17.9 Å². The van der Waals surface area contributed by atoms with Gasteiger partial charge in [0.25, 0.3) is 5.56 Å². The number of methoxy groups -OCH3 is 1. The van der Waals surface area contributed by atoms with Crippen molar-refractivity contribution in [2.24, 2.45) is 0 Å². The van der Waals surface area contributed by atoms with Gasteiger partial charge in [-0.3, -0.25) is 23.9 Å². The van der Waals surface area contributed by atoms with Gasteiger partial charge in [0.15, 0.2) is 0 Å². The van der Waals surface area contributed by atoms with E-state index in [0.717, 1.165) is 34.2 Å². The van der Waals surface area contributed by atoms with Gasteiger partial charge in [0.05, 0.1) is 35.8 Å². The van der Waals surface area contributed by atoms with Crippen molar-refractivity contribution in [3.05, 3.63) is 102 Å². The minimum absolute atomic E-state index is 0.261. The zero-order valence-corrected chi connectivity index (χ0v) is 22.0. The number of amides is 1. The van der Waals surface area contributed by atoms with Gasteiger partial charge in [0.1, 0.15) is 5.75 Å². The lowest BCUT2D eigenvalue weighted by Crippen LogP contribution is -2.18. The van der Waals surface area contributed by atoms with Crippen LogP contribution in [0.15, 0.2) is 96.4 Å². The molecule has 0 aliphatic carbocycles. The quantitative estimate of drug-likeness (QED) is 0.228. The molecule has 5 rings (SSSR count). The van der Waals surface area contributed by atoms with E-state index >= 15 is 0 Å². The van der Waals surface area contributed by atoms with E-state index in [0.29, 0.717) is 33.8 Å². The van der Waals surface area contributed by atoms with Crippen molar-refractivity contribution in [2.45, 2.75) is 0 Å². The van der Waals surface area contributed by atoms with Crippen LogP contribution in [0.3, 0.4) is 0 Å². The van der Waals surface area contributed by atoms with Crippen molar-refractivity contribution >= 4 is 49.1 Å². The third kappa shape index (κ3) is 5.23. The van der Waals surface area contributed by atoms with Crippen LogP contribution in [0.2, 0.25) is 0 Å². The highest BCUT2D eigenvalue weighted by Gasteiger charge is 2.14. The van der Waals surface area contributed by atoms with Crippen LogP contribution >= 0.6 is 0 Å². The molecule has 0 atom stereocenters. The number of benzene rings is 3. The Morgan fingerprint density at radius 3 is 2.44 bits per heavy atom. The summed E-state index contributed by atoms with van der Waals surface area (Å²) >= 11 is 0. The van der Waals surface area contributed by atoms with Gasteiger partial charge in [0.2, 0.25) is 15.9 Å². The first kappa shape index (κ1) is 25.7. The van der Waals surface area contributed by atoms with Crippen LogP contribution in [0.25, 0.3) is 38.6 Å². The Labute approximate surface area is 224 Å². The lowest BCUT2D eigenvalue weighted by atomic mass is 10.0. The second-order valence-electron chi connectivity index (χ2n) is 8.83. The maximum Gasteiger partial charge on any atom is 0.255 e. The maximum atomic E-state index is 13.3. The summed E-state index contributed by atoms with van der Waals surface area (Å²) in [7, 11) is -1.89. The molecule has 2 heterocycles. The van der Waals surface area contributed by atoms with E-state index in [1.165, 1.54) is 13.2 Å². The molecule has 0 fully saturated rings. The van der Waals surface area contributed by atoms with Gasteiger partial charge in [-0.05, 0) is 65.7 Å². The largest absolute Gasteiger partial charge is 0.495 e. The highest BCUT2D eigenvalue weighted by atomic mass is 32.2. The predicted octanol–water partition coefficient (Wildman–Crippen LogP) is 4.71. The van der Waals surface area contributed by atoms with Gasteiger partial charge >= 0.3 is 0 Å². The number of fused-ring (bicyclic) bond motifs is 3. The van der Waals surface area contributed by atoms with E-state index in [2.05, 4.69) is 21.6 Å². The second kappa shape index (κ2) is 10.1. The highest BCUT2D eigenvalue weighted by molar-refractivity contribution is 7.92. The lowest BCUT2D eigenvalue weighted by Gasteiger charge is -2.16. The molecule has 10 heteroatoms. The molecule has 0 unspecified atom stereocenters. The first-order chi connectivity index (χ1) is 18.7. The average molecular weight is 541 g/mol. The van der Waals surface area contributed by atoms with Crippen LogP contribution in [0.1, 0.15) is 0 Å². The van der Waals surface area contributed by atoms with Gasteiger partial charge < -0.3 is 10.1 Å². The molecule has 2 N–H and O–H groups in total. The molecule has 0 saturated heterocycles. The van der Waals surface area contributed by atoms with Crippen molar-refractivity contribution in [3.8, 4) is 22.6 Å². The molecule has 0 spiro atoms. The average Bonchev–Trinajstić information content (AvgIpc) is 2.92. The summed E-state index contributed by atoms with van der Waals surface area (Å²) in [6.45, 7) is 3.49. The summed E-state index contributed by atoms with van der Waals surface area (Å²) in [4.78, 5) is 29.9. The molecule has 196 valence electrons. The third-order valence-electron chi connectivity index (χ3n) is 6.12. The van der Waals surface area contributed by atoms with E-state index in [1.54, 1.807) is 47.2 Å². The number of aromatic nitrogens is 2. The molecule has 0 aliphatic rings. The Kier molecular flexibility index (Phi) is 6.63. The fraction of sp³-hybridized carbons (Fsp3) is 0.0690. The third-order valence-corrected chi connectivity index (χ3v) is 6.73. The van der Waals surface area contributed by atoms with E-state index in [1.807, 2.05) is 30.3 Å². The molecule has 39 heavy (non-hydrogen) atoms. The van der Waals surface area contributed by atoms with E-state index < -0.39 is 15.9 Å². The molecule has 0 radical (unpaired) electrons. The summed E-state index contributed by atoms with van der Waals surface area (Å²) in [5.41, 5.74) is 4.18. The highest BCUT2D eigenvalue weighted by Crippen LogP contribution is 2.32. The zero-order valence-electron chi connectivity index (χ0n) is 21.1. The molecule has 1 amide bonds. The molecule has 0 saturated carbocycles. The van der Waals surface area contributed by atoms with Crippen molar-refractivity contribution in [2.75, 3.05) is 23.4 Å². The standard InChI is InChI=1S/C29H24N4O5S/c1-4-27(34)31-25-16-22(11-13-26(25)38-2)33-28(35)14-8-20-17-30-24-12-7-19(15-23(24)29(20)33)18-5-9-21(10-6-18)32-39(3,36)37/h4-17,32H,1H2,2-3H3,(H,31,34). The van der Waals surface area contributed by atoms with E-state index in [4.69, 9.17) is 4.74 Å². The number of anilines is 2. The number of hydrogen-bond acceptors (Lipinski definition) is 6. The second-order valence-corrected chi connectivity index (χ2v) is 10.6. The molecular formula is C29H24N4O5S. The van der Waals surface area contributed by atoms with E-state index in [-0.39, 0.29) is 5.56 Å². The molecule has 5 aromatic rings. The number of nitrogens with zero attached hydrogens (tertiary/aromatic N) is 2.